The molecule has 2 amide bonds. The van der Waals surface area contributed by atoms with Crippen molar-refractivity contribution >= 4 is 17.8 Å². The van der Waals surface area contributed by atoms with E-state index in [0.29, 0.717) is 0 Å². The van der Waals surface area contributed by atoms with Gasteiger partial charge >= 0.3 is 5.97 Å². The van der Waals surface area contributed by atoms with Crippen LogP contribution in [0.1, 0.15) is 41.0 Å². The molecule has 0 saturated carbocycles. The van der Waals surface area contributed by atoms with Crippen molar-refractivity contribution in [3.8, 4) is 0 Å². The average Bonchev–Trinajstić information content (AvgIpc) is 2.86. The Bertz CT molecular complexity index is 594. The maximum absolute atomic E-state index is 12.2. The summed E-state index contributed by atoms with van der Waals surface area (Å²) < 4.78 is 0. The topological polar surface area (TPSA) is 98.7 Å². The monoisotopic (exact) mass is 347 g/mol. The number of hydrogen-bond acceptors (Lipinski definition) is 5. The summed E-state index contributed by atoms with van der Waals surface area (Å²) in [6.45, 7) is 8.27. The number of fused-ring (bicyclic) bond motifs is 1. The number of rotatable bonds is 4. The SMILES string of the molecule is C1CNCCN1.CC(C)CC(C(=O)O)N1C(=O)c2ccccc2C1=O. The molecule has 0 aromatic heterocycles. The van der Waals surface area contributed by atoms with Gasteiger partial charge in [0.25, 0.3) is 11.8 Å². The molecular weight excluding hydrogens is 322 g/mol. The molecule has 2 heterocycles. The van der Waals surface area contributed by atoms with Crippen LogP contribution in [0.5, 0.6) is 0 Å². The van der Waals surface area contributed by atoms with Crippen LogP contribution in [0.3, 0.4) is 0 Å². The van der Waals surface area contributed by atoms with Crippen molar-refractivity contribution in [3.05, 3.63) is 35.4 Å². The highest BCUT2D eigenvalue weighted by Gasteiger charge is 2.42. The number of aliphatic carboxylic acids is 1. The first kappa shape index (κ1) is 19.1. The molecule has 7 heteroatoms. The molecule has 1 aromatic carbocycles. The highest BCUT2D eigenvalue weighted by molar-refractivity contribution is 6.22. The van der Waals surface area contributed by atoms with Crippen molar-refractivity contribution in [1.82, 2.24) is 15.5 Å². The first-order chi connectivity index (χ1) is 11.9. The highest BCUT2D eigenvalue weighted by atomic mass is 16.4. The predicted octanol–water partition coefficient (Wildman–Crippen LogP) is 0.961. The lowest BCUT2D eigenvalue weighted by molar-refractivity contribution is -0.142. The van der Waals surface area contributed by atoms with Gasteiger partial charge in [0, 0.05) is 26.2 Å². The van der Waals surface area contributed by atoms with E-state index in [-0.39, 0.29) is 23.5 Å². The number of nitrogens with one attached hydrogen (secondary N) is 2. The summed E-state index contributed by atoms with van der Waals surface area (Å²) in [6, 6.07) is 5.30. The third-order valence-electron chi connectivity index (χ3n) is 4.07. The maximum atomic E-state index is 12.2. The fourth-order valence-corrected chi connectivity index (χ4v) is 2.86. The summed E-state index contributed by atoms with van der Waals surface area (Å²) >= 11 is 0. The molecule has 3 rings (SSSR count). The first-order valence-corrected chi connectivity index (χ1v) is 8.54. The molecule has 0 radical (unpaired) electrons. The quantitative estimate of drug-likeness (QED) is 0.702. The number of carbonyl (C=O) groups is 3. The highest BCUT2D eigenvalue weighted by Crippen LogP contribution is 2.26. The van der Waals surface area contributed by atoms with Crippen LogP contribution in [0.2, 0.25) is 0 Å². The number of carboxylic acid groups (broad SMARTS) is 1. The normalized spacial score (nSPS) is 17.8. The maximum Gasteiger partial charge on any atom is 0.326 e. The Balaban J connectivity index is 0.000000316. The Labute approximate surface area is 147 Å². The van der Waals surface area contributed by atoms with Gasteiger partial charge < -0.3 is 15.7 Å². The Kier molecular flexibility index (Phi) is 6.66. The number of piperazine rings is 1. The fourth-order valence-electron chi connectivity index (χ4n) is 2.86. The summed E-state index contributed by atoms with van der Waals surface area (Å²) in [7, 11) is 0. The van der Waals surface area contributed by atoms with Crippen molar-refractivity contribution in [2.24, 2.45) is 5.92 Å². The van der Waals surface area contributed by atoms with Gasteiger partial charge in [-0.1, -0.05) is 26.0 Å². The van der Waals surface area contributed by atoms with Crippen LogP contribution in [0.4, 0.5) is 0 Å². The van der Waals surface area contributed by atoms with Gasteiger partial charge in [0.15, 0.2) is 0 Å². The average molecular weight is 347 g/mol. The number of carboxylic acids is 1. The summed E-state index contributed by atoms with van der Waals surface area (Å²) in [6.07, 6.45) is 0.251. The molecular formula is C18H25N3O4. The molecule has 1 atom stereocenters. The third-order valence-corrected chi connectivity index (χ3v) is 4.07. The summed E-state index contributed by atoms with van der Waals surface area (Å²) in [5, 5.41) is 15.7. The Morgan fingerprint density at radius 1 is 1.04 bits per heavy atom. The third kappa shape index (κ3) is 4.64. The smallest absolute Gasteiger partial charge is 0.326 e. The number of benzene rings is 1. The minimum atomic E-state index is -1.15. The molecule has 25 heavy (non-hydrogen) atoms. The van der Waals surface area contributed by atoms with Gasteiger partial charge in [-0.05, 0) is 24.5 Å². The van der Waals surface area contributed by atoms with E-state index in [9.17, 15) is 19.5 Å². The van der Waals surface area contributed by atoms with Crippen molar-refractivity contribution in [1.29, 1.82) is 0 Å². The zero-order chi connectivity index (χ0) is 18.4. The molecule has 1 fully saturated rings. The minimum absolute atomic E-state index is 0.0745. The van der Waals surface area contributed by atoms with E-state index in [0.717, 1.165) is 31.1 Å². The summed E-state index contributed by atoms with van der Waals surface area (Å²) in [4.78, 5) is 36.5. The molecule has 0 aliphatic carbocycles. The van der Waals surface area contributed by atoms with E-state index in [2.05, 4.69) is 10.6 Å². The first-order valence-electron chi connectivity index (χ1n) is 8.54. The zero-order valence-electron chi connectivity index (χ0n) is 14.6. The van der Waals surface area contributed by atoms with E-state index in [1.54, 1.807) is 24.3 Å². The van der Waals surface area contributed by atoms with E-state index in [1.807, 2.05) is 13.8 Å². The van der Waals surface area contributed by atoms with Crippen molar-refractivity contribution in [2.75, 3.05) is 26.2 Å². The number of carbonyl (C=O) groups excluding carboxylic acids is 2. The number of nitrogens with zero attached hydrogens (tertiary/aromatic N) is 1. The van der Waals surface area contributed by atoms with Gasteiger partial charge in [0.2, 0.25) is 0 Å². The van der Waals surface area contributed by atoms with Crippen molar-refractivity contribution < 1.29 is 19.5 Å². The van der Waals surface area contributed by atoms with Crippen LogP contribution in [0.25, 0.3) is 0 Å². The molecule has 7 nitrogen and oxygen atoms in total. The lowest BCUT2D eigenvalue weighted by Crippen LogP contribution is -2.45. The largest absolute Gasteiger partial charge is 0.480 e. The van der Waals surface area contributed by atoms with Crippen LogP contribution in [-0.2, 0) is 4.79 Å². The van der Waals surface area contributed by atoms with Crippen molar-refractivity contribution in [2.45, 2.75) is 26.3 Å². The Morgan fingerprint density at radius 3 is 1.80 bits per heavy atom. The molecule has 1 saturated heterocycles. The molecule has 0 spiro atoms. The molecule has 1 aromatic rings. The van der Waals surface area contributed by atoms with E-state index < -0.39 is 23.8 Å². The van der Waals surface area contributed by atoms with E-state index >= 15 is 0 Å². The Hall–Kier alpha value is -2.25. The molecule has 2 aliphatic heterocycles. The number of amides is 2. The van der Waals surface area contributed by atoms with Crippen LogP contribution in [-0.4, -0.2) is 60.0 Å². The molecule has 0 bridgehead atoms. The zero-order valence-corrected chi connectivity index (χ0v) is 14.6. The second kappa shape index (κ2) is 8.73. The van der Waals surface area contributed by atoms with Crippen LogP contribution < -0.4 is 10.6 Å². The lowest BCUT2D eigenvalue weighted by Gasteiger charge is -2.23. The summed E-state index contributed by atoms with van der Waals surface area (Å²) in [5.41, 5.74) is 0.560. The Morgan fingerprint density at radius 2 is 1.48 bits per heavy atom. The predicted molar refractivity (Wildman–Crippen MR) is 93.6 cm³/mol. The fraction of sp³-hybridized carbons (Fsp3) is 0.500. The number of imide groups is 1. The molecule has 136 valence electrons. The molecule has 1 unspecified atom stereocenters. The van der Waals surface area contributed by atoms with Crippen LogP contribution >= 0.6 is 0 Å². The molecule has 3 N–H and O–H groups in total. The lowest BCUT2D eigenvalue weighted by atomic mass is 10.0. The standard InChI is InChI=1S/C14H15NO4.C4H10N2/c1-8(2)7-11(14(18)19)15-12(16)9-5-3-4-6-10(9)13(15)17;1-2-6-4-3-5-1/h3-6,8,11H,7H2,1-2H3,(H,18,19);5-6H,1-4H2. The van der Waals surface area contributed by atoms with Crippen molar-refractivity contribution in [3.63, 3.8) is 0 Å². The minimum Gasteiger partial charge on any atom is -0.480 e. The van der Waals surface area contributed by atoms with Gasteiger partial charge in [-0.15, -0.1) is 0 Å². The van der Waals surface area contributed by atoms with Crippen LogP contribution in [0.15, 0.2) is 24.3 Å². The van der Waals surface area contributed by atoms with Gasteiger partial charge in [-0.25, -0.2) is 4.79 Å². The second-order valence-corrected chi connectivity index (χ2v) is 6.51. The van der Waals surface area contributed by atoms with Gasteiger partial charge in [-0.2, -0.15) is 0 Å². The summed E-state index contributed by atoms with van der Waals surface area (Å²) in [5.74, 6) is -2.11. The van der Waals surface area contributed by atoms with E-state index in [1.165, 1.54) is 0 Å². The second-order valence-electron chi connectivity index (χ2n) is 6.51. The van der Waals surface area contributed by atoms with Gasteiger partial charge in [0.1, 0.15) is 6.04 Å². The number of hydrogen-bond donors (Lipinski definition) is 3. The van der Waals surface area contributed by atoms with Crippen LogP contribution in [0, 0.1) is 5.92 Å². The molecule has 2 aliphatic rings. The van der Waals surface area contributed by atoms with Gasteiger partial charge in [0.05, 0.1) is 11.1 Å². The van der Waals surface area contributed by atoms with E-state index in [4.69, 9.17) is 0 Å². The van der Waals surface area contributed by atoms with Gasteiger partial charge in [-0.3, -0.25) is 14.5 Å².